The van der Waals surface area contributed by atoms with Crippen LogP contribution in [0.25, 0.3) is 0 Å². The van der Waals surface area contributed by atoms with E-state index in [2.05, 4.69) is 4.74 Å². The molecule has 112 valence electrons. The summed E-state index contributed by atoms with van der Waals surface area (Å²) in [7, 11) is -5.84. The van der Waals surface area contributed by atoms with Gasteiger partial charge in [-0.15, -0.1) is 0 Å². The van der Waals surface area contributed by atoms with Crippen LogP contribution in [-0.2, 0) is 14.9 Å². The van der Waals surface area contributed by atoms with E-state index < -0.39 is 51.0 Å². The van der Waals surface area contributed by atoms with Crippen LogP contribution in [0, 0.1) is 17.5 Å². The van der Waals surface area contributed by atoms with Gasteiger partial charge in [0, 0.05) is 0 Å². The van der Waals surface area contributed by atoms with Gasteiger partial charge in [-0.05, 0) is 12.1 Å². The highest BCUT2D eigenvalue weighted by molar-refractivity contribution is 7.86. The Morgan fingerprint density at radius 3 is 2.25 bits per heavy atom. The summed E-state index contributed by atoms with van der Waals surface area (Å²) in [6, 6.07) is 0.762. The van der Waals surface area contributed by atoms with Crippen molar-refractivity contribution in [2.45, 2.75) is 5.25 Å². The monoisotopic (exact) mass is 320 g/mol. The van der Waals surface area contributed by atoms with E-state index in [1.807, 2.05) is 0 Å². The molecule has 0 aliphatic rings. The number of rotatable bonds is 4. The Morgan fingerprint density at radius 2 is 1.75 bits per heavy atom. The number of benzene rings is 1. The van der Waals surface area contributed by atoms with Gasteiger partial charge in [-0.3, -0.25) is 4.55 Å². The Labute approximate surface area is 108 Å². The molecule has 0 amide bonds. The van der Waals surface area contributed by atoms with Crippen molar-refractivity contribution in [3.8, 4) is 0 Å². The minimum absolute atomic E-state index is 0.343. The van der Waals surface area contributed by atoms with Crippen molar-refractivity contribution < 1.29 is 44.5 Å². The van der Waals surface area contributed by atoms with Crippen LogP contribution < -0.4 is 0 Å². The fourth-order valence-corrected chi connectivity index (χ4v) is 1.19. The molecular weight excluding hydrogens is 315 g/mol. The SMILES string of the molecule is O=C(OCC(F)(F)S(=O)(=O)O)c1ccc(F)c(F)c1F. The Kier molecular flexibility index (Phi) is 4.34. The lowest BCUT2D eigenvalue weighted by molar-refractivity contribution is -0.00985. The maximum absolute atomic E-state index is 13.1. The number of hydrogen-bond acceptors (Lipinski definition) is 4. The van der Waals surface area contributed by atoms with Crippen LogP contribution in [0.4, 0.5) is 22.0 Å². The van der Waals surface area contributed by atoms with Gasteiger partial charge in [-0.2, -0.15) is 17.2 Å². The fourth-order valence-electron chi connectivity index (χ4n) is 0.985. The third kappa shape index (κ3) is 3.22. The molecule has 0 aliphatic carbocycles. The molecule has 1 N–H and O–H groups in total. The summed E-state index contributed by atoms with van der Waals surface area (Å²) in [5.41, 5.74) is -1.21. The minimum Gasteiger partial charge on any atom is -0.454 e. The first kappa shape index (κ1) is 16.3. The summed E-state index contributed by atoms with van der Waals surface area (Å²) in [4.78, 5) is 11.1. The summed E-state index contributed by atoms with van der Waals surface area (Å²) in [5.74, 6) is -7.49. The second kappa shape index (κ2) is 5.32. The number of ether oxygens (including phenoxy) is 1. The van der Waals surface area contributed by atoms with Crippen molar-refractivity contribution in [2.24, 2.45) is 0 Å². The predicted molar refractivity (Wildman–Crippen MR) is 53.1 cm³/mol. The summed E-state index contributed by atoms with van der Waals surface area (Å²) >= 11 is 0. The Hall–Kier alpha value is -1.75. The molecular formula is C9H5F5O5S. The van der Waals surface area contributed by atoms with Crippen molar-refractivity contribution in [1.29, 1.82) is 0 Å². The molecule has 0 radical (unpaired) electrons. The van der Waals surface area contributed by atoms with Crippen molar-refractivity contribution in [1.82, 2.24) is 0 Å². The van der Waals surface area contributed by atoms with Crippen LogP contribution in [0.15, 0.2) is 12.1 Å². The molecule has 0 aromatic heterocycles. The van der Waals surface area contributed by atoms with Gasteiger partial charge < -0.3 is 4.74 Å². The smallest absolute Gasteiger partial charge is 0.402 e. The van der Waals surface area contributed by atoms with Gasteiger partial charge in [0.25, 0.3) is 0 Å². The zero-order valence-corrected chi connectivity index (χ0v) is 10.1. The van der Waals surface area contributed by atoms with Crippen molar-refractivity contribution in [3.05, 3.63) is 35.1 Å². The van der Waals surface area contributed by atoms with E-state index >= 15 is 0 Å². The predicted octanol–water partition coefficient (Wildman–Crippen LogP) is 1.74. The first-order valence-corrected chi connectivity index (χ1v) is 6.07. The standard InChI is InChI=1S/C9H5F5O5S/c10-5-2-1-4(6(11)7(5)12)8(15)19-3-9(13,14)20(16,17)18/h1-2H,3H2,(H,16,17,18). The number of esters is 1. The molecule has 1 aromatic carbocycles. The van der Waals surface area contributed by atoms with E-state index in [0.29, 0.717) is 12.1 Å². The number of hydrogen-bond donors (Lipinski definition) is 1. The van der Waals surface area contributed by atoms with Gasteiger partial charge in [-0.25, -0.2) is 18.0 Å². The van der Waals surface area contributed by atoms with Crippen LogP contribution in [0.5, 0.6) is 0 Å². The summed E-state index contributed by atoms with van der Waals surface area (Å²) < 4.78 is 96.1. The third-order valence-electron chi connectivity index (χ3n) is 2.00. The van der Waals surface area contributed by atoms with Crippen LogP contribution >= 0.6 is 0 Å². The van der Waals surface area contributed by atoms with E-state index in [1.165, 1.54) is 0 Å². The number of alkyl halides is 2. The first-order valence-electron chi connectivity index (χ1n) is 4.63. The zero-order valence-electron chi connectivity index (χ0n) is 9.24. The highest BCUT2D eigenvalue weighted by Gasteiger charge is 2.45. The molecule has 1 aromatic rings. The molecule has 1 rings (SSSR count). The third-order valence-corrected chi connectivity index (χ3v) is 2.88. The number of carbonyl (C=O) groups excluding carboxylic acids is 1. The van der Waals surface area contributed by atoms with Crippen molar-refractivity contribution in [2.75, 3.05) is 6.61 Å². The molecule has 5 nitrogen and oxygen atoms in total. The maximum Gasteiger partial charge on any atom is 0.402 e. The maximum atomic E-state index is 13.1. The van der Waals surface area contributed by atoms with E-state index in [4.69, 9.17) is 4.55 Å². The first-order chi connectivity index (χ1) is 8.97. The highest BCUT2D eigenvalue weighted by Crippen LogP contribution is 2.22. The van der Waals surface area contributed by atoms with Gasteiger partial charge in [0.15, 0.2) is 24.1 Å². The Morgan fingerprint density at radius 1 is 1.20 bits per heavy atom. The normalized spacial score (nSPS) is 12.3. The molecule has 0 fully saturated rings. The summed E-state index contributed by atoms with van der Waals surface area (Å²) in [6.07, 6.45) is 0. The topological polar surface area (TPSA) is 80.7 Å². The Balaban J connectivity index is 2.92. The molecule has 0 saturated heterocycles. The molecule has 0 saturated carbocycles. The van der Waals surface area contributed by atoms with Crippen molar-refractivity contribution >= 4 is 16.1 Å². The summed E-state index contributed by atoms with van der Waals surface area (Å²) in [6.45, 7) is -2.12. The van der Waals surface area contributed by atoms with Gasteiger partial charge in [0.05, 0.1) is 5.56 Å². The van der Waals surface area contributed by atoms with Crippen molar-refractivity contribution in [3.63, 3.8) is 0 Å². The van der Waals surface area contributed by atoms with Gasteiger partial charge in [0.1, 0.15) is 0 Å². The van der Waals surface area contributed by atoms with E-state index in [9.17, 15) is 35.2 Å². The number of halogens is 5. The lowest BCUT2D eigenvalue weighted by atomic mass is 10.2. The van der Waals surface area contributed by atoms with Crippen LogP contribution in [0.1, 0.15) is 10.4 Å². The van der Waals surface area contributed by atoms with Crippen LogP contribution in [-0.4, -0.2) is 30.8 Å². The lowest BCUT2D eigenvalue weighted by Gasteiger charge is -2.13. The summed E-state index contributed by atoms with van der Waals surface area (Å²) in [5, 5.41) is -4.82. The molecule has 0 heterocycles. The van der Waals surface area contributed by atoms with Gasteiger partial charge >= 0.3 is 21.3 Å². The molecule has 0 unspecified atom stereocenters. The largest absolute Gasteiger partial charge is 0.454 e. The molecule has 0 aliphatic heterocycles. The van der Waals surface area contributed by atoms with Gasteiger partial charge in [-0.1, -0.05) is 0 Å². The van der Waals surface area contributed by atoms with E-state index in [1.54, 1.807) is 0 Å². The minimum atomic E-state index is -5.84. The second-order valence-corrected chi connectivity index (χ2v) is 4.96. The number of carbonyl (C=O) groups is 1. The molecule has 0 atom stereocenters. The molecule has 20 heavy (non-hydrogen) atoms. The lowest BCUT2D eigenvalue weighted by Crippen LogP contribution is -2.34. The van der Waals surface area contributed by atoms with Crippen LogP contribution in [0.2, 0.25) is 0 Å². The van der Waals surface area contributed by atoms with E-state index in [-0.39, 0.29) is 0 Å². The molecule has 11 heteroatoms. The molecule has 0 spiro atoms. The van der Waals surface area contributed by atoms with Gasteiger partial charge in [0.2, 0.25) is 0 Å². The van der Waals surface area contributed by atoms with Crippen LogP contribution in [0.3, 0.4) is 0 Å². The highest BCUT2D eigenvalue weighted by atomic mass is 32.2. The van der Waals surface area contributed by atoms with E-state index in [0.717, 1.165) is 0 Å². The zero-order chi connectivity index (χ0) is 15.7. The quantitative estimate of drug-likeness (QED) is 0.396. The molecule has 0 bridgehead atoms. The second-order valence-electron chi connectivity index (χ2n) is 3.41. The average molecular weight is 320 g/mol. The average Bonchev–Trinajstić information content (AvgIpc) is 2.32. The Bertz CT molecular complexity index is 642. The fraction of sp³-hybridized carbons (Fsp3) is 0.222.